The van der Waals surface area contributed by atoms with E-state index in [1.165, 1.54) is 4.90 Å². The molecule has 0 spiro atoms. The number of hydrogen-bond donors (Lipinski definition) is 2. The fraction of sp³-hybridized carbons (Fsp3) is 0.267. The molecule has 1 saturated heterocycles. The van der Waals surface area contributed by atoms with Crippen molar-refractivity contribution in [3.05, 3.63) is 40.6 Å². The van der Waals surface area contributed by atoms with Gasteiger partial charge in [0.1, 0.15) is 11.1 Å². The molecule has 2 atom stereocenters. The van der Waals surface area contributed by atoms with Crippen molar-refractivity contribution < 1.29 is 24.5 Å². The van der Waals surface area contributed by atoms with Crippen molar-refractivity contribution in [2.24, 2.45) is 5.92 Å². The van der Waals surface area contributed by atoms with E-state index in [9.17, 15) is 14.7 Å². The highest BCUT2D eigenvalue weighted by molar-refractivity contribution is 8.03. The van der Waals surface area contributed by atoms with Crippen LogP contribution in [0.3, 0.4) is 0 Å². The van der Waals surface area contributed by atoms with Crippen LogP contribution in [-0.2, 0) is 9.59 Å². The van der Waals surface area contributed by atoms with Crippen molar-refractivity contribution in [1.82, 2.24) is 4.90 Å². The number of carboxylic acids is 1. The number of carbonyl (C=O) groups is 2. The summed E-state index contributed by atoms with van der Waals surface area (Å²) < 4.78 is 5.60. The molecule has 7 nitrogen and oxygen atoms in total. The quantitative estimate of drug-likeness (QED) is 0.777. The van der Waals surface area contributed by atoms with Gasteiger partial charge in [-0.2, -0.15) is 5.26 Å². The summed E-state index contributed by atoms with van der Waals surface area (Å²) in [5.41, 5.74) is 0.286. The maximum atomic E-state index is 12.0. The number of aliphatic carboxylic acids is 1. The SMILES string of the molecule is N#Cc1ccc(OC2=C(C(=O)O)N3C(=O)[C@H](CCO)[C@H]3S2)cc1. The molecule has 0 aromatic heterocycles. The molecule has 2 aliphatic heterocycles. The van der Waals surface area contributed by atoms with Crippen molar-refractivity contribution in [3.63, 3.8) is 0 Å². The molecule has 0 saturated carbocycles. The molecule has 0 unspecified atom stereocenters. The summed E-state index contributed by atoms with van der Waals surface area (Å²) >= 11 is 1.16. The molecule has 2 N–H and O–H groups in total. The van der Waals surface area contributed by atoms with Crippen LogP contribution in [0.15, 0.2) is 35.1 Å². The molecule has 3 rings (SSSR count). The van der Waals surface area contributed by atoms with Gasteiger partial charge in [0.2, 0.25) is 5.91 Å². The Balaban J connectivity index is 1.84. The third kappa shape index (κ3) is 2.54. The highest BCUT2D eigenvalue weighted by Crippen LogP contribution is 2.50. The fourth-order valence-corrected chi connectivity index (χ4v) is 3.92. The maximum absolute atomic E-state index is 12.0. The van der Waals surface area contributed by atoms with Crippen LogP contribution in [-0.4, -0.2) is 39.0 Å². The van der Waals surface area contributed by atoms with Gasteiger partial charge in [-0.15, -0.1) is 0 Å². The number of aliphatic hydroxyl groups excluding tert-OH is 1. The zero-order valence-corrected chi connectivity index (χ0v) is 12.6. The first-order valence-electron chi connectivity index (χ1n) is 6.83. The number of aliphatic hydroxyl groups is 1. The van der Waals surface area contributed by atoms with Crippen LogP contribution in [0.2, 0.25) is 0 Å². The van der Waals surface area contributed by atoms with Gasteiger partial charge in [-0.3, -0.25) is 9.69 Å². The van der Waals surface area contributed by atoms with Crippen LogP contribution in [0.1, 0.15) is 12.0 Å². The number of fused-ring (bicyclic) bond motifs is 1. The molecule has 0 bridgehead atoms. The molecule has 0 aliphatic carbocycles. The number of ether oxygens (including phenoxy) is 1. The van der Waals surface area contributed by atoms with Gasteiger partial charge in [0, 0.05) is 6.61 Å². The second-order valence-electron chi connectivity index (χ2n) is 5.01. The number of hydrogen-bond acceptors (Lipinski definition) is 6. The van der Waals surface area contributed by atoms with Crippen LogP contribution in [0.5, 0.6) is 5.75 Å². The zero-order valence-electron chi connectivity index (χ0n) is 11.8. The van der Waals surface area contributed by atoms with Crippen molar-refractivity contribution in [1.29, 1.82) is 5.26 Å². The van der Waals surface area contributed by atoms with Crippen LogP contribution in [0.25, 0.3) is 0 Å². The lowest BCUT2D eigenvalue weighted by atomic mass is 9.94. The average molecular weight is 332 g/mol. The van der Waals surface area contributed by atoms with Gasteiger partial charge in [0.05, 0.1) is 17.6 Å². The number of benzene rings is 1. The Morgan fingerprint density at radius 2 is 2.09 bits per heavy atom. The summed E-state index contributed by atoms with van der Waals surface area (Å²) in [7, 11) is 0. The lowest BCUT2D eigenvalue weighted by molar-refractivity contribution is -0.152. The number of thioether (sulfide) groups is 1. The Labute approximate surface area is 135 Å². The first-order chi connectivity index (χ1) is 11.1. The summed E-state index contributed by atoms with van der Waals surface area (Å²) in [6.45, 7) is -0.129. The third-order valence-electron chi connectivity index (χ3n) is 3.65. The Hall–Kier alpha value is -2.50. The molecule has 23 heavy (non-hydrogen) atoms. The topological polar surface area (TPSA) is 111 Å². The zero-order chi connectivity index (χ0) is 16.6. The molecular formula is C15H12N2O5S. The van der Waals surface area contributed by atoms with Crippen LogP contribution >= 0.6 is 11.8 Å². The third-order valence-corrected chi connectivity index (χ3v) is 4.92. The van der Waals surface area contributed by atoms with Gasteiger partial charge in [0.15, 0.2) is 10.8 Å². The van der Waals surface area contributed by atoms with E-state index in [1.807, 2.05) is 6.07 Å². The summed E-state index contributed by atoms with van der Waals surface area (Å²) in [5.74, 6) is -1.56. The lowest BCUT2D eigenvalue weighted by Crippen LogP contribution is -2.57. The van der Waals surface area contributed by atoms with E-state index in [0.717, 1.165) is 11.8 Å². The standard InChI is InChI=1S/C15H12N2O5S/c16-7-8-1-3-9(4-2-8)22-15-11(14(20)21)17-12(19)10(5-6-18)13(17)23-15/h1-4,10,13,18H,5-6H2,(H,20,21)/t10-,13+/m0/s1. The van der Waals surface area contributed by atoms with E-state index in [1.54, 1.807) is 24.3 Å². The Morgan fingerprint density at radius 1 is 1.39 bits per heavy atom. The van der Waals surface area contributed by atoms with Crippen LogP contribution in [0.4, 0.5) is 0 Å². The fourth-order valence-electron chi connectivity index (χ4n) is 2.53. The first-order valence-corrected chi connectivity index (χ1v) is 7.71. The van der Waals surface area contributed by atoms with Crippen LogP contribution < -0.4 is 4.74 Å². The molecule has 118 valence electrons. The molecular weight excluding hydrogens is 320 g/mol. The Morgan fingerprint density at radius 3 is 2.65 bits per heavy atom. The van der Waals surface area contributed by atoms with Gasteiger partial charge in [0.25, 0.3) is 0 Å². The second-order valence-corrected chi connectivity index (χ2v) is 6.10. The predicted octanol–water partition coefficient (Wildman–Crippen LogP) is 1.10. The minimum atomic E-state index is -1.24. The summed E-state index contributed by atoms with van der Waals surface area (Å²) in [6, 6.07) is 8.23. The van der Waals surface area contributed by atoms with Gasteiger partial charge in [-0.1, -0.05) is 11.8 Å². The number of amides is 1. The Bertz CT molecular complexity index is 737. The number of nitrogens with zero attached hydrogens (tertiary/aromatic N) is 2. The van der Waals surface area contributed by atoms with E-state index < -0.39 is 11.9 Å². The molecule has 2 heterocycles. The van der Waals surface area contributed by atoms with Crippen molar-refractivity contribution in [2.75, 3.05) is 6.61 Å². The molecule has 2 aliphatic rings. The van der Waals surface area contributed by atoms with Crippen LogP contribution in [0, 0.1) is 17.2 Å². The van der Waals surface area contributed by atoms with Crippen molar-refractivity contribution in [2.45, 2.75) is 11.8 Å². The van der Waals surface area contributed by atoms with Gasteiger partial charge < -0.3 is 14.9 Å². The summed E-state index contributed by atoms with van der Waals surface area (Å²) in [6.07, 6.45) is 0.296. The molecule has 1 fully saturated rings. The molecule has 1 aromatic carbocycles. The van der Waals surface area contributed by atoms with Gasteiger partial charge >= 0.3 is 5.97 Å². The lowest BCUT2D eigenvalue weighted by Gasteiger charge is -2.41. The van der Waals surface area contributed by atoms with Gasteiger partial charge in [-0.25, -0.2) is 4.79 Å². The summed E-state index contributed by atoms with van der Waals surface area (Å²) in [4.78, 5) is 24.7. The predicted molar refractivity (Wildman–Crippen MR) is 79.9 cm³/mol. The van der Waals surface area contributed by atoms with E-state index in [4.69, 9.17) is 15.1 Å². The number of β-lactam (4-membered cyclic amide) rings is 1. The number of carbonyl (C=O) groups excluding carboxylic acids is 1. The highest BCUT2D eigenvalue weighted by Gasteiger charge is 2.56. The van der Waals surface area contributed by atoms with E-state index in [0.29, 0.717) is 17.7 Å². The summed E-state index contributed by atoms with van der Waals surface area (Å²) in [5, 5.41) is 26.9. The highest BCUT2D eigenvalue weighted by atomic mass is 32.2. The maximum Gasteiger partial charge on any atom is 0.357 e. The van der Waals surface area contributed by atoms with Crippen molar-refractivity contribution in [3.8, 4) is 11.8 Å². The largest absolute Gasteiger partial charge is 0.476 e. The molecule has 8 heteroatoms. The Kier molecular flexibility index (Phi) is 3.98. The van der Waals surface area contributed by atoms with E-state index in [2.05, 4.69) is 0 Å². The van der Waals surface area contributed by atoms with Crippen molar-refractivity contribution >= 4 is 23.6 Å². The smallest absolute Gasteiger partial charge is 0.357 e. The molecule has 1 amide bonds. The van der Waals surface area contributed by atoms with Gasteiger partial charge in [-0.05, 0) is 30.7 Å². The monoisotopic (exact) mass is 332 g/mol. The molecule has 0 radical (unpaired) electrons. The number of carboxylic acid groups (broad SMARTS) is 1. The second kappa shape index (κ2) is 5.95. The first kappa shape index (κ1) is 15.4. The minimum Gasteiger partial charge on any atom is -0.476 e. The minimum absolute atomic E-state index is 0.129. The number of rotatable bonds is 5. The number of nitriles is 1. The van der Waals surface area contributed by atoms with E-state index in [-0.39, 0.29) is 28.7 Å². The van der Waals surface area contributed by atoms with E-state index >= 15 is 0 Å². The average Bonchev–Trinajstić information content (AvgIpc) is 2.88. The normalized spacial score (nSPS) is 22.4. The molecule has 1 aromatic rings.